The van der Waals surface area contributed by atoms with Crippen molar-refractivity contribution in [1.29, 1.82) is 0 Å². The average molecular weight is 505 g/mol. The Balaban J connectivity index is 1.37. The van der Waals surface area contributed by atoms with Gasteiger partial charge in [0.05, 0.1) is 10.6 Å². The molecule has 0 saturated carbocycles. The van der Waals surface area contributed by atoms with E-state index >= 15 is 0 Å². The van der Waals surface area contributed by atoms with E-state index in [2.05, 4.69) is 84.4 Å². The van der Waals surface area contributed by atoms with E-state index in [1.165, 1.54) is 28.1 Å². The van der Waals surface area contributed by atoms with Gasteiger partial charge in [0.25, 0.3) is 5.91 Å². The molecule has 5 aromatic rings. The maximum absolute atomic E-state index is 13.5. The van der Waals surface area contributed by atoms with Crippen molar-refractivity contribution >= 4 is 67.6 Å². The number of carbonyl (C=O) groups is 1. The smallest absolute Gasteiger partial charge is 0.270 e. The minimum Gasteiger partial charge on any atom is -0.342 e. The number of aryl methyl sites for hydroxylation is 2. The Labute approximate surface area is 220 Å². The van der Waals surface area contributed by atoms with E-state index in [1.54, 1.807) is 4.90 Å². The molecular weight excluding hydrogens is 480 g/mol. The van der Waals surface area contributed by atoms with Crippen LogP contribution in [0.25, 0.3) is 27.8 Å². The molecule has 5 heteroatoms. The Morgan fingerprint density at radius 2 is 1.67 bits per heavy atom. The number of hydrogen-bond donors (Lipinski definition) is 0. The molecule has 0 atom stereocenters. The Kier molecular flexibility index (Phi) is 5.75. The molecule has 176 valence electrons. The van der Waals surface area contributed by atoms with Crippen LogP contribution < -0.4 is 4.90 Å². The van der Waals surface area contributed by atoms with Crippen LogP contribution >= 0.6 is 24.0 Å². The van der Waals surface area contributed by atoms with Crippen LogP contribution in [0.15, 0.2) is 96.0 Å². The van der Waals surface area contributed by atoms with Gasteiger partial charge in [0.15, 0.2) is 4.32 Å². The highest BCUT2D eigenvalue weighted by molar-refractivity contribution is 8.27. The molecule has 1 saturated heterocycles. The Morgan fingerprint density at radius 3 is 2.50 bits per heavy atom. The molecule has 3 nitrogen and oxygen atoms in total. The first-order valence-corrected chi connectivity index (χ1v) is 13.1. The molecule has 0 bridgehead atoms. The zero-order chi connectivity index (χ0) is 24.8. The fourth-order valence-electron chi connectivity index (χ4n) is 4.93. The molecule has 1 aliphatic rings. The molecule has 4 aromatic carbocycles. The summed E-state index contributed by atoms with van der Waals surface area (Å²) in [6.45, 7) is 4.82. The molecule has 1 amide bonds. The molecule has 1 aromatic heterocycles. The Hall–Kier alpha value is -3.67. The zero-order valence-electron chi connectivity index (χ0n) is 20.1. The number of hydrogen-bond acceptors (Lipinski definition) is 3. The van der Waals surface area contributed by atoms with Crippen molar-refractivity contribution in [2.75, 3.05) is 4.90 Å². The minimum absolute atomic E-state index is 0.0664. The summed E-state index contributed by atoms with van der Waals surface area (Å²) in [6.07, 6.45) is 4.13. The molecule has 0 unspecified atom stereocenters. The third-order valence-electron chi connectivity index (χ3n) is 6.66. The van der Waals surface area contributed by atoms with Gasteiger partial charge < -0.3 is 4.57 Å². The lowest BCUT2D eigenvalue weighted by Gasteiger charge is -2.17. The van der Waals surface area contributed by atoms with Gasteiger partial charge in [-0.25, -0.2) is 0 Å². The molecule has 6 rings (SSSR count). The third kappa shape index (κ3) is 4.04. The number of thiocarbonyl (C=S) groups is 1. The van der Waals surface area contributed by atoms with Crippen molar-refractivity contribution in [3.05, 3.63) is 118 Å². The van der Waals surface area contributed by atoms with Gasteiger partial charge in [-0.2, -0.15) is 0 Å². The first-order chi connectivity index (χ1) is 17.5. The van der Waals surface area contributed by atoms with Gasteiger partial charge in [-0.1, -0.05) is 96.3 Å². The number of fused-ring (bicyclic) bond motifs is 2. The second-order valence-electron chi connectivity index (χ2n) is 9.22. The summed E-state index contributed by atoms with van der Waals surface area (Å²) in [5.41, 5.74) is 6.46. The van der Waals surface area contributed by atoms with Crippen LogP contribution in [0.1, 0.15) is 22.3 Å². The number of carbonyl (C=O) groups excluding carboxylic acids is 1. The van der Waals surface area contributed by atoms with Crippen LogP contribution in [0.5, 0.6) is 0 Å². The molecule has 0 aliphatic carbocycles. The lowest BCUT2D eigenvalue weighted by Crippen LogP contribution is -2.28. The number of aromatic nitrogens is 1. The van der Waals surface area contributed by atoms with E-state index in [4.69, 9.17) is 12.2 Å². The highest BCUT2D eigenvalue weighted by Gasteiger charge is 2.34. The van der Waals surface area contributed by atoms with Gasteiger partial charge >= 0.3 is 0 Å². The van der Waals surface area contributed by atoms with Gasteiger partial charge in [0.2, 0.25) is 0 Å². The predicted octanol–water partition coefficient (Wildman–Crippen LogP) is 7.87. The van der Waals surface area contributed by atoms with Gasteiger partial charge in [0.1, 0.15) is 0 Å². The third-order valence-corrected chi connectivity index (χ3v) is 7.96. The van der Waals surface area contributed by atoms with Gasteiger partial charge in [0, 0.05) is 29.2 Å². The first kappa shape index (κ1) is 22.8. The maximum atomic E-state index is 13.5. The van der Waals surface area contributed by atoms with Crippen molar-refractivity contribution < 1.29 is 4.79 Å². The number of nitrogens with zero attached hydrogens (tertiary/aromatic N) is 2. The maximum Gasteiger partial charge on any atom is 0.270 e. The molecule has 0 radical (unpaired) electrons. The predicted molar refractivity (Wildman–Crippen MR) is 157 cm³/mol. The van der Waals surface area contributed by atoms with Crippen LogP contribution in [-0.4, -0.2) is 14.8 Å². The van der Waals surface area contributed by atoms with Crippen molar-refractivity contribution in [2.24, 2.45) is 0 Å². The van der Waals surface area contributed by atoms with Crippen molar-refractivity contribution in [1.82, 2.24) is 4.57 Å². The number of anilines is 1. The summed E-state index contributed by atoms with van der Waals surface area (Å²) in [6, 6.07) is 29.5. The van der Waals surface area contributed by atoms with Crippen LogP contribution in [0.2, 0.25) is 0 Å². The van der Waals surface area contributed by atoms with E-state index in [9.17, 15) is 4.79 Å². The second kappa shape index (κ2) is 9.08. The van der Waals surface area contributed by atoms with Crippen molar-refractivity contribution in [2.45, 2.75) is 20.4 Å². The van der Waals surface area contributed by atoms with Gasteiger partial charge in [-0.05, 0) is 60.0 Å². The largest absolute Gasteiger partial charge is 0.342 e. The molecule has 0 spiro atoms. The van der Waals surface area contributed by atoms with E-state index < -0.39 is 0 Å². The summed E-state index contributed by atoms with van der Waals surface area (Å²) in [4.78, 5) is 15.8. The molecule has 0 N–H and O–H groups in total. The van der Waals surface area contributed by atoms with E-state index in [-0.39, 0.29) is 5.91 Å². The summed E-state index contributed by atoms with van der Waals surface area (Å²) in [7, 11) is 0. The molecule has 1 aliphatic heterocycles. The highest BCUT2D eigenvalue weighted by Crippen LogP contribution is 2.38. The lowest BCUT2D eigenvalue weighted by atomic mass is 10.1. The number of amides is 1. The van der Waals surface area contributed by atoms with Crippen molar-refractivity contribution in [3.63, 3.8) is 0 Å². The van der Waals surface area contributed by atoms with Crippen LogP contribution in [0.4, 0.5) is 5.69 Å². The first-order valence-electron chi connectivity index (χ1n) is 11.9. The molecule has 1 fully saturated rings. The van der Waals surface area contributed by atoms with Crippen LogP contribution in [-0.2, 0) is 11.3 Å². The highest BCUT2D eigenvalue weighted by atomic mass is 32.2. The van der Waals surface area contributed by atoms with E-state index in [0.29, 0.717) is 9.23 Å². The van der Waals surface area contributed by atoms with Gasteiger partial charge in [-0.3, -0.25) is 9.69 Å². The lowest BCUT2D eigenvalue weighted by molar-refractivity contribution is -0.113. The molecule has 2 heterocycles. The Morgan fingerprint density at radius 1 is 0.889 bits per heavy atom. The number of rotatable bonds is 4. The topological polar surface area (TPSA) is 25.2 Å². The van der Waals surface area contributed by atoms with Crippen LogP contribution in [0.3, 0.4) is 0 Å². The second-order valence-corrected chi connectivity index (χ2v) is 10.9. The minimum atomic E-state index is -0.0664. The monoisotopic (exact) mass is 504 g/mol. The summed E-state index contributed by atoms with van der Waals surface area (Å²) in [5, 5.41) is 3.60. The average Bonchev–Trinajstić information content (AvgIpc) is 3.35. The Bertz CT molecular complexity index is 1710. The quantitative estimate of drug-likeness (QED) is 0.184. The summed E-state index contributed by atoms with van der Waals surface area (Å²) >= 11 is 7.00. The van der Waals surface area contributed by atoms with E-state index in [0.717, 1.165) is 39.8 Å². The summed E-state index contributed by atoms with van der Waals surface area (Å²) in [5.74, 6) is -0.0664. The number of benzene rings is 4. The van der Waals surface area contributed by atoms with Crippen LogP contribution in [0, 0.1) is 13.8 Å². The SMILES string of the molecule is Cc1ccc(N2C(=O)/C(=C\c3cn(Cc4ccc5ccccc5c4)c4ccccc34)SC2=S)c(C)c1. The standard InChI is InChI=1S/C31H24N2OS2/c1-20-11-14-27(21(2)15-20)33-30(34)29(36-31(33)35)17-25-19-32(28-10-6-5-9-26(25)28)18-22-12-13-23-7-3-4-8-24(23)16-22/h3-17,19H,18H2,1-2H3/b29-17+. The number of para-hydroxylation sites is 1. The number of thioether (sulfide) groups is 1. The zero-order valence-corrected chi connectivity index (χ0v) is 21.7. The molecule has 36 heavy (non-hydrogen) atoms. The van der Waals surface area contributed by atoms with Crippen molar-refractivity contribution in [3.8, 4) is 0 Å². The fraction of sp³-hybridized carbons (Fsp3) is 0.0968. The summed E-state index contributed by atoms with van der Waals surface area (Å²) < 4.78 is 2.83. The normalized spacial score (nSPS) is 15.1. The van der Waals surface area contributed by atoms with E-state index in [1.807, 2.05) is 31.2 Å². The van der Waals surface area contributed by atoms with Gasteiger partial charge in [-0.15, -0.1) is 0 Å². The molecular formula is C31H24N2OS2. The fourth-order valence-corrected chi connectivity index (χ4v) is 6.20.